The third-order valence-corrected chi connectivity index (χ3v) is 6.13. The van der Waals surface area contributed by atoms with Gasteiger partial charge < -0.3 is 4.90 Å². The first-order valence-corrected chi connectivity index (χ1v) is 9.94. The zero-order valence-electron chi connectivity index (χ0n) is 15.1. The smallest absolute Gasteiger partial charge is 0.240 e. The first-order chi connectivity index (χ1) is 11.1. The Morgan fingerprint density at radius 1 is 1.29 bits per heavy atom. The quantitative estimate of drug-likeness (QED) is 0.886. The molecular weight excluding hydrogens is 324 g/mol. The Morgan fingerprint density at radius 2 is 2.00 bits per heavy atom. The van der Waals surface area contributed by atoms with E-state index in [9.17, 15) is 13.2 Å². The minimum Gasteiger partial charge on any atom is -0.342 e. The molecule has 2 rings (SSSR count). The second-order valence-corrected chi connectivity index (χ2v) is 9.24. The zero-order valence-corrected chi connectivity index (χ0v) is 15.9. The third kappa shape index (κ3) is 4.80. The molecule has 0 aromatic heterocycles. The van der Waals surface area contributed by atoms with Gasteiger partial charge in [-0.05, 0) is 43.7 Å². The van der Waals surface area contributed by atoms with Crippen molar-refractivity contribution in [2.24, 2.45) is 5.41 Å². The second-order valence-electron chi connectivity index (χ2n) is 7.50. The summed E-state index contributed by atoms with van der Waals surface area (Å²) in [6.07, 6.45) is 2.32. The average molecular weight is 353 g/mol. The SMILES string of the molecule is Cc1ccc(S(=O)(=O)NCCC(=O)N2CCCC(C)(C)C2)c(C)c1. The molecule has 1 saturated heterocycles. The Morgan fingerprint density at radius 3 is 2.62 bits per heavy atom. The maximum Gasteiger partial charge on any atom is 0.240 e. The number of nitrogens with zero attached hydrogens (tertiary/aromatic N) is 1. The molecular formula is C18H28N2O3S. The van der Waals surface area contributed by atoms with Crippen LogP contribution in [0, 0.1) is 19.3 Å². The van der Waals surface area contributed by atoms with Crippen molar-refractivity contribution in [3.8, 4) is 0 Å². The average Bonchev–Trinajstić information content (AvgIpc) is 2.45. The van der Waals surface area contributed by atoms with Crippen LogP contribution in [-0.4, -0.2) is 38.9 Å². The third-order valence-electron chi connectivity index (χ3n) is 4.50. The van der Waals surface area contributed by atoms with Gasteiger partial charge in [-0.25, -0.2) is 13.1 Å². The molecule has 1 aromatic rings. The molecule has 0 spiro atoms. The van der Waals surface area contributed by atoms with Crippen molar-refractivity contribution in [3.05, 3.63) is 29.3 Å². The van der Waals surface area contributed by atoms with Crippen molar-refractivity contribution < 1.29 is 13.2 Å². The summed E-state index contributed by atoms with van der Waals surface area (Å²) in [6.45, 7) is 9.68. The van der Waals surface area contributed by atoms with Crippen LogP contribution in [0.5, 0.6) is 0 Å². The Kier molecular flexibility index (Phi) is 5.71. The van der Waals surface area contributed by atoms with E-state index in [1.807, 2.05) is 17.9 Å². The molecule has 0 radical (unpaired) electrons. The molecule has 0 atom stereocenters. The number of hydrogen-bond acceptors (Lipinski definition) is 3. The minimum atomic E-state index is -3.58. The van der Waals surface area contributed by atoms with Gasteiger partial charge in [0, 0.05) is 26.1 Å². The number of amides is 1. The molecule has 0 aliphatic carbocycles. The molecule has 1 aromatic carbocycles. The van der Waals surface area contributed by atoms with E-state index in [2.05, 4.69) is 18.6 Å². The molecule has 6 heteroatoms. The van der Waals surface area contributed by atoms with Gasteiger partial charge in [0.05, 0.1) is 4.90 Å². The fourth-order valence-corrected chi connectivity index (χ4v) is 4.52. The first kappa shape index (κ1) is 18.9. The Balaban J connectivity index is 1.92. The number of likely N-dealkylation sites (tertiary alicyclic amines) is 1. The zero-order chi connectivity index (χ0) is 18.0. The van der Waals surface area contributed by atoms with E-state index in [0.29, 0.717) is 5.56 Å². The predicted molar refractivity (Wildman–Crippen MR) is 95.3 cm³/mol. The number of aryl methyl sites for hydroxylation is 2. The van der Waals surface area contributed by atoms with Crippen LogP contribution in [0.2, 0.25) is 0 Å². The van der Waals surface area contributed by atoms with Gasteiger partial charge in [-0.15, -0.1) is 0 Å². The largest absolute Gasteiger partial charge is 0.342 e. The van der Waals surface area contributed by atoms with Crippen molar-refractivity contribution in [1.82, 2.24) is 9.62 Å². The van der Waals surface area contributed by atoms with E-state index >= 15 is 0 Å². The van der Waals surface area contributed by atoms with Crippen molar-refractivity contribution in [3.63, 3.8) is 0 Å². The minimum absolute atomic E-state index is 0.0195. The van der Waals surface area contributed by atoms with Crippen molar-refractivity contribution in [1.29, 1.82) is 0 Å². The van der Waals surface area contributed by atoms with Gasteiger partial charge in [0.2, 0.25) is 15.9 Å². The Hall–Kier alpha value is -1.40. The Labute approximate surface area is 145 Å². The van der Waals surface area contributed by atoms with Gasteiger partial charge in [0.1, 0.15) is 0 Å². The number of sulfonamides is 1. The predicted octanol–water partition coefficient (Wildman–Crippen LogP) is 2.62. The lowest BCUT2D eigenvalue weighted by Crippen LogP contribution is -2.44. The van der Waals surface area contributed by atoms with Crippen LogP contribution >= 0.6 is 0 Å². The molecule has 0 bridgehead atoms. The fourth-order valence-electron chi connectivity index (χ4n) is 3.27. The summed E-state index contributed by atoms with van der Waals surface area (Å²) in [7, 11) is -3.58. The highest BCUT2D eigenvalue weighted by Crippen LogP contribution is 2.28. The molecule has 1 amide bonds. The number of piperidine rings is 1. The van der Waals surface area contributed by atoms with Crippen LogP contribution in [0.15, 0.2) is 23.1 Å². The summed E-state index contributed by atoms with van der Waals surface area (Å²) in [5, 5.41) is 0. The lowest BCUT2D eigenvalue weighted by atomic mass is 9.84. The maximum atomic E-state index is 12.4. The van der Waals surface area contributed by atoms with Crippen LogP contribution in [-0.2, 0) is 14.8 Å². The molecule has 24 heavy (non-hydrogen) atoms. The lowest BCUT2D eigenvalue weighted by molar-refractivity contribution is -0.134. The molecule has 5 nitrogen and oxygen atoms in total. The van der Waals surface area contributed by atoms with Gasteiger partial charge in [-0.3, -0.25) is 4.79 Å². The Bertz CT molecular complexity index is 711. The number of nitrogens with one attached hydrogen (secondary N) is 1. The van der Waals surface area contributed by atoms with Gasteiger partial charge in [0.15, 0.2) is 0 Å². The van der Waals surface area contributed by atoms with Crippen molar-refractivity contribution in [2.45, 2.75) is 51.9 Å². The molecule has 134 valence electrons. The number of carbonyl (C=O) groups excluding carboxylic acids is 1. The molecule has 1 aliphatic rings. The molecule has 1 fully saturated rings. The highest BCUT2D eigenvalue weighted by Gasteiger charge is 2.29. The maximum absolute atomic E-state index is 12.4. The standard InChI is InChI=1S/C18H28N2O3S/c1-14-6-7-16(15(2)12-14)24(22,23)19-10-8-17(21)20-11-5-9-18(3,4)13-20/h6-7,12,19H,5,8-11,13H2,1-4H3. The fraction of sp³-hybridized carbons (Fsp3) is 0.611. The monoisotopic (exact) mass is 352 g/mol. The van der Waals surface area contributed by atoms with Gasteiger partial charge in [-0.1, -0.05) is 31.5 Å². The van der Waals surface area contributed by atoms with Gasteiger partial charge in [-0.2, -0.15) is 0 Å². The van der Waals surface area contributed by atoms with Crippen LogP contribution in [0.1, 0.15) is 44.2 Å². The molecule has 1 N–H and O–H groups in total. The summed E-state index contributed by atoms with van der Waals surface area (Å²) in [5.41, 5.74) is 1.88. The summed E-state index contributed by atoms with van der Waals surface area (Å²) in [6, 6.07) is 5.24. The van der Waals surface area contributed by atoms with Crippen molar-refractivity contribution >= 4 is 15.9 Å². The lowest BCUT2D eigenvalue weighted by Gasteiger charge is -2.38. The van der Waals surface area contributed by atoms with Crippen molar-refractivity contribution in [2.75, 3.05) is 19.6 Å². The summed E-state index contributed by atoms with van der Waals surface area (Å²) < 4.78 is 27.3. The van der Waals surface area contributed by atoms with Crippen LogP contribution in [0.3, 0.4) is 0 Å². The second kappa shape index (κ2) is 7.23. The number of hydrogen-bond donors (Lipinski definition) is 1. The van der Waals surface area contributed by atoms with Gasteiger partial charge >= 0.3 is 0 Å². The first-order valence-electron chi connectivity index (χ1n) is 8.45. The highest BCUT2D eigenvalue weighted by atomic mass is 32.2. The highest BCUT2D eigenvalue weighted by molar-refractivity contribution is 7.89. The van der Waals surface area contributed by atoms with E-state index < -0.39 is 10.0 Å². The summed E-state index contributed by atoms with van der Waals surface area (Å²) in [4.78, 5) is 14.4. The summed E-state index contributed by atoms with van der Waals surface area (Å²) >= 11 is 0. The van der Waals surface area contributed by atoms with E-state index in [0.717, 1.165) is 31.5 Å². The van der Waals surface area contributed by atoms with Crippen LogP contribution in [0.25, 0.3) is 0 Å². The molecule has 1 aliphatic heterocycles. The summed E-state index contributed by atoms with van der Waals surface area (Å²) in [5.74, 6) is 0.0195. The normalized spacial score (nSPS) is 17.8. The van der Waals surface area contributed by atoms with E-state index in [1.54, 1.807) is 19.1 Å². The van der Waals surface area contributed by atoms with E-state index in [-0.39, 0.29) is 29.2 Å². The van der Waals surface area contributed by atoms with E-state index in [4.69, 9.17) is 0 Å². The van der Waals surface area contributed by atoms with Crippen LogP contribution < -0.4 is 4.72 Å². The molecule has 0 unspecified atom stereocenters. The number of benzene rings is 1. The molecule has 1 heterocycles. The van der Waals surface area contributed by atoms with E-state index in [1.165, 1.54) is 0 Å². The topological polar surface area (TPSA) is 66.5 Å². The van der Waals surface area contributed by atoms with Gasteiger partial charge in [0.25, 0.3) is 0 Å². The molecule has 0 saturated carbocycles. The van der Waals surface area contributed by atoms with Crippen LogP contribution in [0.4, 0.5) is 0 Å². The number of carbonyl (C=O) groups is 1. The number of rotatable bonds is 5.